The van der Waals surface area contributed by atoms with E-state index in [2.05, 4.69) is 0 Å². The van der Waals surface area contributed by atoms with E-state index in [1.807, 2.05) is 0 Å². The highest BCUT2D eigenvalue weighted by molar-refractivity contribution is 5.76. The number of hydrogen-bond acceptors (Lipinski definition) is 10. The number of carbonyl (C=O) groups is 4. The van der Waals surface area contributed by atoms with Gasteiger partial charge in [-0.2, -0.15) is 0 Å². The summed E-state index contributed by atoms with van der Waals surface area (Å²) in [4.78, 5) is 46.4. The van der Waals surface area contributed by atoms with Crippen molar-refractivity contribution in [2.75, 3.05) is 0 Å². The molecule has 0 unspecified atom stereocenters. The lowest BCUT2D eigenvalue weighted by Gasteiger charge is -2.22. The van der Waals surface area contributed by atoms with E-state index in [1.54, 1.807) is 33.8 Å². The minimum atomic E-state index is -1.04. The van der Waals surface area contributed by atoms with Crippen molar-refractivity contribution in [3.63, 3.8) is 0 Å². The van der Waals surface area contributed by atoms with Crippen molar-refractivity contribution in [1.29, 1.82) is 0 Å². The molecule has 10 nitrogen and oxygen atoms in total. The van der Waals surface area contributed by atoms with Gasteiger partial charge in [0, 0.05) is 13.8 Å². The molecular formula is C21H29NO9. The second-order valence-electron chi connectivity index (χ2n) is 7.16. The summed E-state index contributed by atoms with van der Waals surface area (Å²) < 4.78 is 25.3. The number of hydrogen-bond donors (Lipinski definition) is 1. The maximum atomic E-state index is 12.3. The molecule has 1 rings (SSSR count). The molecule has 0 aliphatic rings. The first kappa shape index (κ1) is 25.9. The Bertz CT molecular complexity index is 806. The van der Waals surface area contributed by atoms with Crippen LogP contribution in [0.5, 0.6) is 11.5 Å². The third-order valence-electron chi connectivity index (χ3n) is 3.85. The van der Waals surface area contributed by atoms with Crippen LogP contribution < -0.4 is 15.2 Å². The molecule has 10 heteroatoms. The van der Waals surface area contributed by atoms with Gasteiger partial charge in [0.05, 0.1) is 6.10 Å². The quantitative estimate of drug-likeness (QED) is 0.450. The largest absolute Gasteiger partial charge is 0.508 e. The third-order valence-corrected chi connectivity index (χ3v) is 3.85. The molecule has 0 spiro atoms. The zero-order chi connectivity index (χ0) is 23.7. The molecule has 0 aliphatic heterocycles. The number of benzene rings is 1. The first-order valence-electron chi connectivity index (χ1n) is 9.72. The third kappa shape index (κ3) is 9.47. The Kier molecular flexibility index (Phi) is 9.94. The van der Waals surface area contributed by atoms with E-state index >= 15 is 0 Å². The van der Waals surface area contributed by atoms with Crippen molar-refractivity contribution in [1.82, 2.24) is 0 Å². The predicted molar refractivity (Wildman–Crippen MR) is 108 cm³/mol. The second-order valence-corrected chi connectivity index (χ2v) is 7.16. The summed E-state index contributed by atoms with van der Waals surface area (Å²) in [5, 5.41) is 0. The molecule has 172 valence electrons. The van der Waals surface area contributed by atoms with Crippen molar-refractivity contribution in [3.8, 4) is 11.5 Å². The topological polar surface area (TPSA) is 140 Å². The molecule has 31 heavy (non-hydrogen) atoms. The minimum absolute atomic E-state index is 0.0276. The van der Waals surface area contributed by atoms with E-state index in [4.69, 9.17) is 29.4 Å². The Balaban J connectivity index is 2.75. The van der Waals surface area contributed by atoms with Crippen LogP contribution in [0.3, 0.4) is 0 Å². The molecule has 2 N–H and O–H groups in total. The van der Waals surface area contributed by atoms with Gasteiger partial charge in [-0.05, 0) is 51.8 Å². The van der Waals surface area contributed by atoms with Gasteiger partial charge in [-0.1, -0.05) is 6.07 Å². The van der Waals surface area contributed by atoms with E-state index in [9.17, 15) is 19.2 Å². The highest BCUT2D eigenvalue weighted by atomic mass is 16.7. The number of ether oxygens (including phenoxy) is 5. The van der Waals surface area contributed by atoms with Crippen molar-refractivity contribution in [2.45, 2.75) is 72.3 Å². The zero-order valence-electron chi connectivity index (χ0n) is 18.5. The smallest absolute Gasteiger partial charge is 0.458 e. The summed E-state index contributed by atoms with van der Waals surface area (Å²) in [5.41, 5.74) is 6.48. The fourth-order valence-corrected chi connectivity index (χ4v) is 2.32. The lowest BCUT2D eigenvalue weighted by atomic mass is 10.1. The van der Waals surface area contributed by atoms with E-state index in [0.29, 0.717) is 5.56 Å². The average Bonchev–Trinajstić information content (AvgIpc) is 2.62. The van der Waals surface area contributed by atoms with E-state index in [1.165, 1.54) is 26.0 Å². The Hall–Kier alpha value is -3.14. The summed E-state index contributed by atoms with van der Waals surface area (Å²) in [5.74, 6) is -1.80. The summed E-state index contributed by atoms with van der Waals surface area (Å²) in [6, 6.07) is 3.42. The molecule has 0 radical (unpaired) electrons. The molecule has 0 heterocycles. The monoisotopic (exact) mass is 439 g/mol. The molecule has 3 atom stereocenters. The number of esters is 3. The van der Waals surface area contributed by atoms with Gasteiger partial charge in [-0.15, -0.1) is 0 Å². The van der Waals surface area contributed by atoms with Gasteiger partial charge in [-0.3, -0.25) is 14.4 Å². The van der Waals surface area contributed by atoms with E-state index in [-0.39, 0.29) is 24.0 Å². The average molecular weight is 439 g/mol. The molecule has 0 saturated heterocycles. The summed E-state index contributed by atoms with van der Waals surface area (Å²) >= 11 is 0. The van der Waals surface area contributed by atoms with Crippen LogP contribution in [0.25, 0.3) is 0 Å². The van der Waals surface area contributed by atoms with Crippen LogP contribution in [-0.4, -0.2) is 48.4 Å². The molecule has 1 aromatic carbocycles. The van der Waals surface area contributed by atoms with Crippen LogP contribution in [0.2, 0.25) is 0 Å². The maximum absolute atomic E-state index is 12.3. The van der Waals surface area contributed by atoms with Gasteiger partial charge < -0.3 is 29.4 Å². The minimum Gasteiger partial charge on any atom is -0.458 e. The Labute approximate surface area is 180 Å². The molecule has 0 amide bonds. The van der Waals surface area contributed by atoms with Gasteiger partial charge >= 0.3 is 24.1 Å². The van der Waals surface area contributed by atoms with Gasteiger partial charge in [0.1, 0.15) is 18.2 Å². The first-order valence-corrected chi connectivity index (χ1v) is 9.72. The predicted octanol–water partition coefficient (Wildman–Crippen LogP) is 2.29. The van der Waals surface area contributed by atoms with Crippen LogP contribution in [-0.2, 0) is 35.0 Å². The summed E-state index contributed by atoms with van der Waals surface area (Å²) in [7, 11) is 0. The molecule has 0 bridgehead atoms. The van der Waals surface area contributed by atoms with Crippen LogP contribution in [0.15, 0.2) is 18.2 Å². The normalized spacial score (nSPS) is 13.5. The summed E-state index contributed by atoms with van der Waals surface area (Å²) in [6.45, 7) is 8.90. The van der Waals surface area contributed by atoms with Crippen LogP contribution in [0.4, 0.5) is 4.79 Å². The molecule has 0 fully saturated rings. The molecule has 0 aromatic heterocycles. The van der Waals surface area contributed by atoms with Gasteiger partial charge in [0.15, 0.2) is 11.5 Å². The SMILES string of the molecule is CC(=O)Oc1ccc(C[C@H](N)C(=O)O[C@@H](C)[C@H](C)OC(=O)OC(C)C)cc1OC(C)=O. The van der Waals surface area contributed by atoms with Gasteiger partial charge in [-0.25, -0.2) is 4.79 Å². The van der Waals surface area contributed by atoms with E-state index < -0.39 is 42.3 Å². The van der Waals surface area contributed by atoms with Crippen molar-refractivity contribution in [3.05, 3.63) is 23.8 Å². The highest BCUT2D eigenvalue weighted by Crippen LogP contribution is 2.29. The maximum Gasteiger partial charge on any atom is 0.508 e. The Morgan fingerprint density at radius 3 is 1.94 bits per heavy atom. The standard InChI is InChI=1S/C21H29NO9/c1-11(2)27-21(26)29-13(4)12(3)28-20(25)17(22)9-16-7-8-18(30-14(5)23)19(10-16)31-15(6)24/h7-8,10-13,17H,9,22H2,1-6H3/t12-,13-,17-/m0/s1. The molecule has 0 aliphatic carbocycles. The first-order chi connectivity index (χ1) is 14.4. The number of carbonyl (C=O) groups excluding carboxylic acids is 4. The van der Waals surface area contributed by atoms with Gasteiger partial charge in [0.2, 0.25) is 0 Å². The second kappa shape index (κ2) is 11.9. The fraction of sp³-hybridized carbons (Fsp3) is 0.524. The van der Waals surface area contributed by atoms with Crippen LogP contribution in [0, 0.1) is 0 Å². The van der Waals surface area contributed by atoms with E-state index in [0.717, 1.165) is 0 Å². The molecule has 1 aromatic rings. The Morgan fingerprint density at radius 1 is 0.839 bits per heavy atom. The van der Waals surface area contributed by atoms with Crippen LogP contribution >= 0.6 is 0 Å². The van der Waals surface area contributed by atoms with Crippen LogP contribution in [0.1, 0.15) is 47.1 Å². The van der Waals surface area contributed by atoms with Crippen molar-refractivity contribution in [2.24, 2.45) is 5.73 Å². The zero-order valence-corrected chi connectivity index (χ0v) is 18.5. The summed E-state index contributed by atoms with van der Waals surface area (Å²) in [6.07, 6.45) is -2.65. The van der Waals surface area contributed by atoms with Crippen molar-refractivity contribution >= 4 is 24.1 Å². The molecule has 0 saturated carbocycles. The number of nitrogens with two attached hydrogens (primary N) is 1. The lowest BCUT2D eigenvalue weighted by Crippen LogP contribution is -2.39. The Morgan fingerprint density at radius 2 is 1.39 bits per heavy atom. The fourth-order valence-electron chi connectivity index (χ4n) is 2.32. The van der Waals surface area contributed by atoms with Gasteiger partial charge in [0.25, 0.3) is 0 Å². The molecular weight excluding hydrogens is 410 g/mol. The lowest BCUT2D eigenvalue weighted by molar-refractivity contribution is -0.155. The number of rotatable bonds is 9. The highest BCUT2D eigenvalue weighted by Gasteiger charge is 2.25. The van der Waals surface area contributed by atoms with Crippen molar-refractivity contribution < 1.29 is 42.9 Å².